The van der Waals surface area contributed by atoms with Crippen molar-refractivity contribution in [3.05, 3.63) is 0 Å². The summed E-state index contributed by atoms with van der Waals surface area (Å²) in [5, 5.41) is 7.42. The van der Waals surface area contributed by atoms with E-state index in [9.17, 15) is 0 Å². The van der Waals surface area contributed by atoms with Crippen molar-refractivity contribution in [2.75, 3.05) is 0 Å². The van der Waals surface area contributed by atoms with E-state index >= 15 is 0 Å². The molecule has 0 atom stereocenters. The van der Waals surface area contributed by atoms with Gasteiger partial charge < -0.3 is 16.1 Å². The van der Waals surface area contributed by atoms with Crippen LogP contribution in [0, 0.1) is 0 Å². The molecule has 0 aliphatic carbocycles. The van der Waals surface area contributed by atoms with Crippen LogP contribution >= 0.6 is 0 Å². The number of carboxylic acid groups (broad SMARTS) is 1. The monoisotopic (exact) mass is 218 g/mol. The third-order valence-electron chi connectivity index (χ3n) is 0. The van der Waals surface area contributed by atoms with Gasteiger partial charge in [0.2, 0.25) is 0 Å². The van der Waals surface area contributed by atoms with E-state index in [1.54, 1.807) is 0 Å². The Hall–Kier alpha value is 0.189. The second-order valence-corrected chi connectivity index (χ2v) is 0.519. The normalized spacial score (nSPS) is 3.57. The predicted octanol–water partition coefficient (Wildman–Crippen LogP) is -2.47. The fourth-order valence-electron chi connectivity index (χ4n) is 0. The summed E-state index contributed by atoms with van der Waals surface area (Å²) in [5.74, 6) is -0.833. The first-order valence-electron chi connectivity index (χ1n) is 0.928. The molecule has 5 N–H and O–H groups in total. The molecule has 2 radical (unpaired) electrons. The van der Waals surface area contributed by atoms with Crippen LogP contribution in [-0.2, 0) is 4.79 Å². The standard InChI is InChI=1S/C2H4O2.2H2O.Sn.2H/c1-2(3)4;;;;;/h1H3,(H,3,4);2*1H2;;;. The van der Waals surface area contributed by atoms with Gasteiger partial charge >= 0.3 is 23.9 Å². The molecule has 0 heterocycles. The van der Waals surface area contributed by atoms with E-state index in [-0.39, 0.29) is 34.9 Å². The Bertz CT molecular complexity index is 32.7. The van der Waals surface area contributed by atoms with E-state index in [2.05, 4.69) is 0 Å². The molecule has 46 valence electrons. The van der Waals surface area contributed by atoms with Crippen molar-refractivity contribution in [2.45, 2.75) is 6.92 Å². The van der Waals surface area contributed by atoms with Crippen molar-refractivity contribution in [3.63, 3.8) is 0 Å². The number of rotatable bonds is 0. The van der Waals surface area contributed by atoms with Gasteiger partial charge in [0.15, 0.2) is 0 Å². The van der Waals surface area contributed by atoms with Crippen LogP contribution in [0.5, 0.6) is 0 Å². The van der Waals surface area contributed by atoms with Crippen molar-refractivity contribution >= 4 is 29.9 Å². The molecule has 0 saturated carbocycles. The van der Waals surface area contributed by atoms with Gasteiger partial charge in [-0.1, -0.05) is 0 Å². The molecular formula is C2H10O4Sn. The Kier molecular flexibility index (Phi) is 63.4. The maximum atomic E-state index is 9.00. The topological polar surface area (TPSA) is 100 Å². The van der Waals surface area contributed by atoms with Crippen molar-refractivity contribution in [1.82, 2.24) is 0 Å². The second-order valence-electron chi connectivity index (χ2n) is 0.519. The molecular weight excluding hydrogens is 207 g/mol. The van der Waals surface area contributed by atoms with E-state index in [4.69, 9.17) is 9.90 Å². The van der Waals surface area contributed by atoms with Crippen LogP contribution in [-0.4, -0.2) is 45.9 Å². The number of carbonyl (C=O) groups is 1. The van der Waals surface area contributed by atoms with Crippen molar-refractivity contribution in [1.29, 1.82) is 0 Å². The summed E-state index contributed by atoms with van der Waals surface area (Å²) in [4.78, 5) is 9.00. The van der Waals surface area contributed by atoms with E-state index in [0.717, 1.165) is 6.92 Å². The molecule has 0 spiro atoms. The third kappa shape index (κ3) is 3050. The van der Waals surface area contributed by atoms with Crippen molar-refractivity contribution < 1.29 is 20.9 Å². The predicted molar refractivity (Wildman–Crippen MR) is 29.1 cm³/mol. The van der Waals surface area contributed by atoms with Crippen LogP contribution in [0.2, 0.25) is 0 Å². The van der Waals surface area contributed by atoms with E-state index in [1.807, 2.05) is 0 Å². The summed E-state index contributed by atoms with van der Waals surface area (Å²) < 4.78 is 0. The number of carboxylic acids is 1. The molecule has 0 aromatic heterocycles. The molecule has 0 aliphatic rings. The van der Waals surface area contributed by atoms with E-state index in [0.29, 0.717) is 0 Å². The minimum atomic E-state index is -0.833. The van der Waals surface area contributed by atoms with E-state index in [1.165, 1.54) is 0 Å². The average Bonchev–Trinajstić information content (AvgIpc) is 0.811. The summed E-state index contributed by atoms with van der Waals surface area (Å²) in [6.45, 7) is 1.08. The quantitative estimate of drug-likeness (QED) is 0.454. The fraction of sp³-hybridized carbons (Fsp3) is 0.500. The Morgan fingerprint density at radius 1 is 1.43 bits per heavy atom. The fourth-order valence-corrected chi connectivity index (χ4v) is 0. The van der Waals surface area contributed by atoms with Crippen LogP contribution in [0.15, 0.2) is 0 Å². The molecule has 0 saturated heterocycles. The number of hydrogen-bond acceptors (Lipinski definition) is 1. The summed E-state index contributed by atoms with van der Waals surface area (Å²) in [5.41, 5.74) is 0. The molecule has 0 fully saturated rings. The molecule has 5 heteroatoms. The summed E-state index contributed by atoms with van der Waals surface area (Å²) in [6, 6.07) is 0. The van der Waals surface area contributed by atoms with Gasteiger partial charge in [-0.25, -0.2) is 0 Å². The molecule has 7 heavy (non-hydrogen) atoms. The Labute approximate surface area is 58.1 Å². The van der Waals surface area contributed by atoms with Crippen LogP contribution in [0.1, 0.15) is 6.92 Å². The SMILES string of the molecule is CC(=O)O.O.O.[SnH2]. The van der Waals surface area contributed by atoms with E-state index < -0.39 is 5.97 Å². The zero-order valence-electron chi connectivity index (χ0n) is 4.06. The molecule has 0 rings (SSSR count). The van der Waals surface area contributed by atoms with Gasteiger partial charge in [0.05, 0.1) is 0 Å². The second kappa shape index (κ2) is 16.4. The molecule has 0 aromatic carbocycles. The zero-order chi connectivity index (χ0) is 3.58. The number of aliphatic carboxylic acids is 1. The van der Waals surface area contributed by atoms with Crippen LogP contribution in [0.3, 0.4) is 0 Å². The maximum absolute atomic E-state index is 9.00. The molecule has 0 unspecified atom stereocenters. The van der Waals surface area contributed by atoms with Crippen LogP contribution in [0.4, 0.5) is 0 Å². The van der Waals surface area contributed by atoms with Gasteiger partial charge in [0.1, 0.15) is 0 Å². The zero-order valence-corrected chi connectivity index (χ0v) is 8.10. The van der Waals surface area contributed by atoms with Gasteiger partial charge in [0.25, 0.3) is 5.97 Å². The third-order valence-corrected chi connectivity index (χ3v) is 0. The summed E-state index contributed by atoms with van der Waals surface area (Å²) >= 11 is 0. The van der Waals surface area contributed by atoms with Gasteiger partial charge in [0, 0.05) is 6.92 Å². The Morgan fingerprint density at radius 3 is 1.43 bits per heavy atom. The van der Waals surface area contributed by atoms with Gasteiger partial charge in [-0.15, -0.1) is 0 Å². The Balaban J connectivity index is -0.0000000150. The van der Waals surface area contributed by atoms with Gasteiger partial charge in [-0.05, 0) is 0 Å². The molecule has 0 aromatic rings. The molecule has 0 bridgehead atoms. The van der Waals surface area contributed by atoms with Gasteiger partial charge in [-0.2, -0.15) is 0 Å². The molecule has 0 aliphatic heterocycles. The molecule has 4 nitrogen and oxygen atoms in total. The average molecular weight is 217 g/mol. The first-order valence-corrected chi connectivity index (χ1v) is 0.928. The van der Waals surface area contributed by atoms with Crippen molar-refractivity contribution in [3.8, 4) is 0 Å². The first-order chi connectivity index (χ1) is 1.73. The van der Waals surface area contributed by atoms with Gasteiger partial charge in [-0.3, -0.25) is 4.79 Å². The summed E-state index contributed by atoms with van der Waals surface area (Å²) in [7, 11) is 0. The summed E-state index contributed by atoms with van der Waals surface area (Å²) in [6.07, 6.45) is 0. The first kappa shape index (κ1) is 27.1. The van der Waals surface area contributed by atoms with Crippen LogP contribution < -0.4 is 0 Å². The Morgan fingerprint density at radius 2 is 1.43 bits per heavy atom. The number of hydrogen-bond donors (Lipinski definition) is 1. The van der Waals surface area contributed by atoms with Crippen LogP contribution in [0.25, 0.3) is 0 Å². The minimum absolute atomic E-state index is 0. The van der Waals surface area contributed by atoms with Crippen molar-refractivity contribution in [2.24, 2.45) is 0 Å². The molecule has 0 amide bonds.